The topological polar surface area (TPSA) is 67.9 Å². The molecule has 0 radical (unpaired) electrons. The van der Waals surface area contributed by atoms with Gasteiger partial charge in [-0.1, -0.05) is 13.8 Å². The maximum Gasteiger partial charge on any atom is 0.417 e. The van der Waals surface area contributed by atoms with E-state index in [0.29, 0.717) is 13.1 Å². The minimum atomic E-state index is -0.517. The number of nitrogens with two attached hydrogens (primary N) is 1. The summed E-state index contributed by atoms with van der Waals surface area (Å²) in [5.41, 5.74) is 5.12. The predicted octanol–water partition coefficient (Wildman–Crippen LogP) is 2.60. The summed E-state index contributed by atoms with van der Waals surface area (Å²) in [6.45, 7) is 14.1. The molecule has 0 aliphatic heterocycles. The van der Waals surface area contributed by atoms with Crippen LogP contribution in [0, 0.1) is 0 Å². The lowest BCUT2D eigenvalue weighted by Gasteiger charge is -2.25. The second-order valence-electron chi connectivity index (χ2n) is 4.06. The Labute approximate surface area is 105 Å². The van der Waals surface area contributed by atoms with Gasteiger partial charge in [0, 0.05) is 13.1 Å². The third-order valence-electron chi connectivity index (χ3n) is 1.53. The van der Waals surface area contributed by atoms with Crippen molar-refractivity contribution in [3.63, 3.8) is 0 Å². The van der Waals surface area contributed by atoms with Crippen LogP contribution >= 0.6 is 0 Å². The first kappa shape index (κ1) is 18.1. The zero-order valence-electron chi connectivity index (χ0n) is 12.2. The van der Waals surface area contributed by atoms with Crippen molar-refractivity contribution in [3.05, 3.63) is 0 Å². The minimum absolute atomic E-state index is 0.203. The Morgan fingerprint density at radius 2 is 1.76 bits per heavy atom. The van der Waals surface area contributed by atoms with Gasteiger partial charge in [0.2, 0.25) is 5.96 Å². The number of carbonyl (C=O) groups excluding carboxylic acids is 1. The van der Waals surface area contributed by atoms with E-state index >= 15 is 0 Å². The molecule has 17 heavy (non-hydrogen) atoms. The first-order valence-electron chi connectivity index (χ1n) is 6.12. The van der Waals surface area contributed by atoms with Gasteiger partial charge in [0.1, 0.15) is 5.60 Å². The molecule has 1 amide bonds. The van der Waals surface area contributed by atoms with Gasteiger partial charge in [0.05, 0.1) is 0 Å². The van der Waals surface area contributed by atoms with Gasteiger partial charge in [-0.25, -0.2) is 9.69 Å². The summed E-state index contributed by atoms with van der Waals surface area (Å²) in [6, 6.07) is 0. The van der Waals surface area contributed by atoms with Crippen molar-refractivity contribution in [2.24, 2.45) is 10.7 Å². The highest BCUT2D eigenvalue weighted by atomic mass is 16.6. The van der Waals surface area contributed by atoms with Crippen molar-refractivity contribution in [2.45, 2.75) is 54.1 Å². The number of hydrogen-bond donors (Lipinski definition) is 1. The average Bonchev–Trinajstić information content (AvgIpc) is 2.19. The Kier molecular flexibility index (Phi) is 9.42. The molecule has 0 aromatic rings. The predicted molar refractivity (Wildman–Crippen MR) is 72.1 cm³/mol. The Balaban J connectivity index is 0. The van der Waals surface area contributed by atoms with Crippen LogP contribution < -0.4 is 5.73 Å². The third kappa shape index (κ3) is 8.54. The van der Waals surface area contributed by atoms with E-state index in [1.54, 1.807) is 0 Å². The summed E-state index contributed by atoms with van der Waals surface area (Å²) in [6.07, 6.45) is -0.459. The van der Waals surface area contributed by atoms with E-state index in [1.807, 2.05) is 48.5 Å². The molecule has 0 aliphatic rings. The summed E-state index contributed by atoms with van der Waals surface area (Å²) < 4.78 is 5.18. The third-order valence-corrected chi connectivity index (χ3v) is 1.53. The number of amides is 1. The van der Waals surface area contributed by atoms with Crippen LogP contribution in [0.3, 0.4) is 0 Å². The molecule has 102 valence electrons. The molecular weight excluding hydrogens is 218 g/mol. The van der Waals surface area contributed by atoms with Crippen molar-refractivity contribution < 1.29 is 9.53 Å². The second kappa shape index (κ2) is 8.84. The van der Waals surface area contributed by atoms with Gasteiger partial charge in [-0.2, -0.15) is 0 Å². The molecule has 5 nitrogen and oxygen atoms in total. The Morgan fingerprint density at radius 1 is 1.29 bits per heavy atom. The number of guanidine groups is 1. The molecule has 0 aromatic heterocycles. The fourth-order valence-corrected chi connectivity index (χ4v) is 0.949. The lowest BCUT2D eigenvalue weighted by molar-refractivity contribution is 0.0374. The molecule has 0 fully saturated rings. The minimum Gasteiger partial charge on any atom is -0.443 e. The SMILES string of the molecule is CC.CCN=C(N)N(CC)C(=O)OC(C)(C)C. The van der Waals surface area contributed by atoms with Crippen LogP contribution in [0.2, 0.25) is 0 Å². The van der Waals surface area contributed by atoms with E-state index in [-0.39, 0.29) is 5.96 Å². The van der Waals surface area contributed by atoms with Crippen molar-refractivity contribution in [2.75, 3.05) is 13.1 Å². The van der Waals surface area contributed by atoms with Gasteiger partial charge >= 0.3 is 6.09 Å². The summed E-state index contributed by atoms with van der Waals surface area (Å²) >= 11 is 0. The van der Waals surface area contributed by atoms with E-state index in [2.05, 4.69) is 4.99 Å². The molecule has 0 spiro atoms. The molecule has 2 N–H and O–H groups in total. The molecule has 0 bridgehead atoms. The molecule has 0 aliphatic carbocycles. The number of rotatable bonds is 2. The molecule has 0 rings (SSSR count). The lowest BCUT2D eigenvalue weighted by Crippen LogP contribution is -2.44. The van der Waals surface area contributed by atoms with Gasteiger partial charge in [0.25, 0.3) is 0 Å². The molecular formula is C12H27N3O2. The van der Waals surface area contributed by atoms with Crippen LogP contribution in [0.15, 0.2) is 4.99 Å². The maximum absolute atomic E-state index is 11.6. The van der Waals surface area contributed by atoms with Crippen LogP contribution in [-0.4, -0.2) is 35.6 Å². The fourth-order valence-electron chi connectivity index (χ4n) is 0.949. The highest BCUT2D eigenvalue weighted by Crippen LogP contribution is 2.09. The molecule has 0 aromatic carbocycles. The highest BCUT2D eigenvalue weighted by Gasteiger charge is 2.22. The summed E-state index contributed by atoms with van der Waals surface area (Å²) in [7, 11) is 0. The zero-order chi connectivity index (χ0) is 14.1. The molecule has 5 heteroatoms. The van der Waals surface area contributed by atoms with Crippen molar-refractivity contribution in [1.82, 2.24) is 4.90 Å². The van der Waals surface area contributed by atoms with Crippen molar-refractivity contribution in [1.29, 1.82) is 0 Å². The number of aliphatic imine (C=N–C) groups is 1. The quantitative estimate of drug-likeness (QED) is 0.600. The van der Waals surface area contributed by atoms with Crippen LogP contribution in [0.4, 0.5) is 4.79 Å². The van der Waals surface area contributed by atoms with Gasteiger partial charge < -0.3 is 10.5 Å². The highest BCUT2D eigenvalue weighted by molar-refractivity contribution is 5.93. The Hall–Kier alpha value is -1.26. The number of nitrogens with zero attached hydrogens (tertiary/aromatic N) is 2. The lowest BCUT2D eigenvalue weighted by atomic mass is 10.2. The first-order chi connectivity index (χ1) is 7.81. The summed E-state index contributed by atoms with van der Waals surface area (Å²) in [5, 5.41) is 0. The van der Waals surface area contributed by atoms with Crippen molar-refractivity contribution >= 4 is 12.1 Å². The van der Waals surface area contributed by atoms with Crippen LogP contribution in [-0.2, 0) is 4.74 Å². The van der Waals surface area contributed by atoms with Crippen LogP contribution in [0.5, 0.6) is 0 Å². The molecule has 0 unspecified atom stereocenters. The number of hydrogen-bond acceptors (Lipinski definition) is 3. The summed E-state index contributed by atoms with van der Waals surface area (Å²) in [5.74, 6) is 0.203. The normalized spacial score (nSPS) is 11.4. The second-order valence-corrected chi connectivity index (χ2v) is 4.06. The molecule has 0 heterocycles. The smallest absolute Gasteiger partial charge is 0.417 e. The number of carbonyl (C=O) groups is 1. The monoisotopic (exact) mass is 245 g/mol. The van der Waals surface area contributed by atoms with E-state index in [0.717, 1.165) is 0 Å². The number of ether oxygens (including phenoxy) is 1. The first-order valence-corrected chi connectivity index (χ1v) is 6.12. The Morgan fingerprint density at radius 3 is 2.06 bits per heavy atom. The van der Waals surface area contributed by atoms with Gasteiger partial charge in [-0.3, -0.25) is 4.99 Å². The average molecular weight is 245 g/mol. The van der Waals surface area contributed by atoms with Gasteiger partial charge in [0.15, 0.2) is 0 Å². The van der Waals surface area contributed by atoms with Crippen LogP contribution in [0.1, 0.15) is 48.5 Å². The van der Waals surface area contributed by atoms with E-state index in [4.69, 9.17) is 10.5 Å². The molecule has 0 saturated heterocycles. The molecule has 0 saturated carbocycles. The van der Waals surface area contributed by atoms with E-state index < -0.39 is 11.7 Å². The van der Waals surface area contributed by atoms with Crippen molar-refractivity contribution in [3.8, 4) is 0 Å². The van der Waals surface area contributed by atoms with E-state index in [1.165, 1.54) is 4.90 Å². The fraction of sp³-hybridized carbons (Fsp3) is 0.833. The Bertz CT molecular complexity index is 245. The van der Waals surface area contributed by atoms with Gasteiger partial charge in [-0.15, -0.1) is 0 Å². The van der Waals surface area contributed by atoms with E-state index in [9.17, 15) is 4.79 Å². The van der Waals surface area contributed by atoms with Gasteiger partial charge in [-0.05, 0) is 34.6 Å². The molecule has 0 atom stereocenters. The zero-order valence-corrected chi connectivity index (χ0v) is 12.2. The summed E-state index contributed by atoms with van der Waals surface area (Å²) in [4.78, 5) is 16.9. The largest absolute Gasteiger partial charge is 0.443 e. The standard InChI is InChI=1S/C10H21N3O2.C2H6/c1-6-12-8(11)13(7-2)9(14)15-10(3,4)5;1-2/h6-7H2,1-5H3,(H2,11,12);1-2H3. The maximum atomic E-state index is 11.6. The van der Waals surface area contributed by atoms with Crippen LogP contribution in [0.25, 0.3) is 0 Å².